The summed E-state index contributed by atoms with van der Waals surface area (Å²) in [4.78, 5) is 0. The number of hydrogen-bond acceptors (Lipinski definition) is 3. The van der Waals surface area contributed by atoms with Gasteiger partial charge in [0, 0.05) is 9.17 Å². The van der Waals surface area contributed by atoms with Crippen LogP contribution >= 0.6 is 27.3 Å². The summed E-state index contributed by atoms with van der Waals surface area (Å²) in [6.07, 6.45) is 0. The van der Waals surface area contributed by atoms with Gasteiger partial charge in [0.05, 0.1) is 0 Å². The molecule has 0 amide bonds. The van der Waals surface area contributed by atoms with Crippen LogP contribution in [0.25, 0.3) is 10.1 Å². The van der Waals surface area contributed by atoms with E-state index in [1.165, 1.54) is 0 Å². The smallest absolute Gasteiger partial charge is 0.423 e. The molecule has 0 bridgehead atoms. The second kappa shape index (κ2) is 3.66. The zero-order valence-corrected chi connectivity index (χ0v) is 9.89. The van der Waals surface area contributed by atoms with Crippen molar-refractivity contribution in [3.05, 3.63) is 27.5 Å². The zero-order chi connectivity index (χ0) is 10.3. The van der Waals surface area contributed by atoms with Crippen molar-refractivity contribution in [1.29, 1.82) is 0 Å². The monoisotopic (exact) mass is 270 g/mol. The van der Waals surface area contributed by atoms with E-state index in [0.29, 0.717) is 5.46 Å². The summed E-state index contributed by atoms with van der Waals surface area (Å²) in [7, 11) is -1.40. The van der Waals surface area contributed by atoms with Gasteiger partial charge in [0.25, 0.3) is 0 Å². The van der Waals surface area contributed by atoms with Gasteiger partial charge in [-0.05, 0) is 50.7 Å². The maximum atomic E-state index is 9.20. The summed E-state index contributed by atoms with van der Waals surface area (Å²) < 4.78 is 2.06. The van der Waals surface area contributed by atoms with E-state index < -0.39 is 7.12 Å². The van der Waals surface area contributed by atoms with Crippen LogP contribution < -0.4 is 5.46 Å². The molecule has 5 heteroatoms. The van der Waals surface area contributed by atoms with Crippen LogP contribution in [0.3, 0.4) is 0 Å². The van der Waals surface area contributed by atoms with Crippen LogP contribution in [0.4, 0.5) is 0 Å². The van der Waals surface area contributed by atoms with Crippen LogP contribution in [-0.2, 0) is 0 Å². The molecule has 0 unspecified atom stereocenters. The lowest BCUT2D eigenvalue weighted by molar-refractivity contribution is 0.426. The minimum absolute atomic E-state index is 0.571. The fourth-order valence-corrected chi connectivity index (χ4v) is 3.12. The first kappa shape index (κ1) is 10.2. The van der Waals surface area contributed by atoms with Crippen molar-refractivity contribution in [1.82, 2.24) is 0 Å². The molecule has 2 rings (SSSR count). The predicted octanol–water partition coefficient (Wildman–Crippen LogP) is 1.65. The number of fused-ring (bicyclic) bond motifs is 1. The third-order valence-corrected chi connectivity index (χ3v) is 4.22. The highest BCUT2D eigenvalue weighted by Crippen LogP contribution is 2.30. The molecule has 0 atom stereocenters. The molecule has 0 aliphatic rings. The van der Waals surface area contributed by atoms with Crippen molar-refractivity contribution in [2.45, 2.75) is 6.92 Å². The molecule has 0 fully saturated rings. The summed E-state index contributed by atoms with van der Waals surface area (Å²) >= 11 is 5.04. The predicted molar refractivity (Wildman–Crippen MR) is 64.1 cm³/mol. The Hall–Kier alpha value is -0.355. The van der Waals surface area contributed by atoms with E-state index >= 15 is 0 Å². The largest absolute Gasteiger partial charge is 0.489 e. The van der Waals surface area contributed by atoms with Gasteiger partial charge in [-0.1, -0.05) is 6.07 Å². The summed E-state index contributed by atoms with van der Waals surface area (Å²) in [5.74, 6) is 0. The van der Waals surface area contributed by atoms with Crippen LogP contribution in [0.5, 0.6) is 0 Å². The number of hydrogen-bond donors (Lipinski definition) is 2. The zero-order valence-electron chi connectivity index (χ0n) is 7.49. The quantitative estimate of drug-likeness (QED) is 0.774. The van der Waals surface area contributed by atoms with Crippen LogP contribution in [-0.4, -0.2) is 17.2 Å². The van der Waals surface area contributed by atoms with E-state index in [1.54, 1.807) is 17.4 Å². The SMILES string of the molecule is Cc1csc2c(Br)ccc(B(O)O)c12. The van der Waals surface area contributed by atoms with Gasteiger partial charge in [-0.25, -0.2) is 0 Å². The molecule has 2 N–H and O–H groups in total. The molecule has 0 aliphatic heterocycles. The highest BCUT2D eigenvalue weighted by molar-refractivity contribution is 9.10. The molecule has 2 aromatic rings. The Morgan fingerprint density at radius 2 is 2.07 bits per heavy atom. The lowest BCUT2D eigenvalue weighted by atomic mass is 9.77. The maximum absolute atomic E-state index is 9.20. The van der Waals surface area contributed by atoms with E-state index in [1.807, 2.05) is 18.4 Å². The molecule has 14 heavy (non-hydrogen) atoms. The lowest BCUT2D eigenvalue weighted by Gasteiger charge is -2.04. The highest BCUT2D eigenvalue weighted by Gasteiger charge is 2.17. The average molecular weight is 271 g/mol. The van der Waals surface area contributed by atoms with Crippen LogP contribution in [0.2, 0.25) is 0 Å². The molecule has 0 saturated carbocycles. The second-order valence-corrected chi connectivity index (χ2v) is 4.87. The van der Waals surface area contributed by atoms with E-state index in [0.717, 1.165) is 20.1 Å². The second-order valence-electron chi connectivity index (χ2n) is 3.13. The first-order valence-corrected chi connectivity index (χ1v) is 5.81. The maximum Gasteiger partial charge on any atom is 0.489 e. The number of rotatable bonds is 1. The highest BCUT2D eigenvalue weighted by atomic mass is 79.9. The van der Waals surface area contributed by atoms with E-state index in [2.05, 4.69) is 15.9 Å². The lowest BCUT2D eigenvalue weighted by Crippen LogP contribution is -2.30. The molecule has 1 aromatic heterocycles. The van der Waals surface area contributed by atoms with Gasteiger partial charge >= 0.3 is 7.12 Å². The standard InChI is InChI=1S/C9H8BBrO2S/c1-5-4-14-9-7(11)3-2-6(8(5)9)10(12)13/h2-4,12-13H,1H3. The molecular formula is C9H8BBrO2S. The summed E-state index contributed by atoms with van der Waals surface area (Å²) in [6.45, 7) is 1.97. The van der Waals surface area contributed by atoms with Gasteiger partial charge in [-0.15, -0.1) is 11.3 Å². The van der Waals surface area contributed by atoms with Gasteiger partial charge < -0.3 is 10.0 Å². The minimum atomic E-state index is -1.40. The van der Waals surface area contributed by atoms with Gasteiger partial charge in [0.2, 0.25) is 0 Å². The summed E-state index contributed by atoms with van der Waals surface area (Å²) in [5.41, 5.74) is 1.65. The fraction of sp³-hybridized carbons (Fsp3) is 0.111. The van der Waals surface area contributed by atoms with Crippen LogP contribution in [0, 0.1) is 6.92 Å². The molecule has 0 aliphatic carbocycles. The first-order valence-electron chi connectivity index (χ1n) is 4.13. The van der Waals surface area contributed by atoms with Gasteiger partial charge in [0.15, 0.2) is 0 Å². The molecular weight excluding hydrogens is 263 g/mol. The normalized spacial score (nSPS) is 10.9. The van der Waals surface area contributed by atoms with E-state index in [4.69, 9.17) is 0 Å². The van der Waals surface area contributed by atoms with Gasteiger partial charge in [0.1, 0.15) is 0 Å². The average Bonchev–Trinajstić information content (AvgIpc) is 2.50. The molecule has 0 spiro atoms. The Balaban J connectivity index is 2.85. The number of thiophene rings is 1. The Labute approximate surface area is 94.5 Å². The Morgan fingerprint density at radius 3 is 2.71 bits per heavy atom. The number of benzene rings is 1. The van der Waals surface area contributed by atoms with Gasteiger partial charge in [-0.2, -0.15) is 0 Å². The van der Waals surface area contributed by atoms with Crippen LogP contribution in [0.1, 0.15) is 5.56 Å². The third kappa shape index (κ3) is 1.50. The fourth-order valence-electron chi connectivity index (χ4n) is 1.52. The van der Waals surface area contributed by atoms with Crippen molar-refractivity contribution < 1.29 is 10.0 Å². The molecule has 0 radical (unpaired) electrons. The van der Waals surface area contributed by atoms with Crippen LogP contribution in [0.15, 0.2) is 22.0 Å². The van der Waals surface area contributed by atoms with Crippen molar-refractivity contribution >= 4 is 49.9 Å². The van der Waals surface area contributed by atoms with Crippen molar-refractivity contribution in [2.24, 2.45) is 0 Å². The third-order valence-electron chi connectivity index (χ3n) is 2.17. The van der Waals surface area contributed by atoms with Crippen molar-refractivity contribution in [3.8, 4) is 0 Å². The summed E-state index contributed by atoms with van der Waals surface area (Å²) in [5, 5.41) is 21.4. The Kier molecular flexibility index (Phi) is 2.66. The molecule has 72 valence electrons. The van der Waals surface area contributed by atoms with E-state index in [9.17, 15) is 10.0 Å². The number of aryl methyl sites for hydroxylation is 1. The van der Waals surface area contributed by atoms with Crippen molar-refractivity contribution in [3.63, 3.8) is 0 Å². The van der Waals surface area contributed by atoms with E-state index in [-0.39, 0.29) is 0 Å². The topological polar surface area (TPSA) is 40.5 Å². The Bertz CT molecular complexity index is 481. The Morgan fingerprint density at radius 1 is 1.36 bits per heavy atom. The molecule has 0 saturated heterocycles. The molecule has 1 heterocycles. The van der Waals surface area contributed by atoms with Gasteiger partial charge in [-0.3, -0.25) is 0 Å². The minimum Gasteiger partial charge on any atom is -0.423 e. The molecule has 1 aromatic carbocycles. The number of halogens is 1. The first-order chi connectivity index (χ1) is 6.61. The molecule has 2 nitrogen and oxygen atoms in total. The summed E-state index contributed by atoms with van der Waals surface area (Å²) in [6, 6.07) is 3.57. The van der Waals surface area contributed by atoms with Crippen molar-refractivity contribution in [2.75, 3.05) is 0 Å².